The normalized spacial score (nSPS) is 17.1. The van der Waals surface area contributed by atoms with Gasteiger partial charge in [0.05, 0.1) is 18.5 Å². The molecular weight excluding hydrogens is 178 g/mol. The number of amides is 1. The van der Waals surface area contributed by atoms with Crippen LogP contribution in [-0.2, 0) is 4.79 Å². The van der Waals surface area contributed by atoms with Gasteiger partial charge in [0.1, 0.15) is 0 Å². The molecule has 0 radical (unpaired) electrons. The van der Waals surface area contributed by atoms with Crippen molar-refractivity contribution < 1.29 is 4.79 Å². The Balaban J connectivity index is 1.95. The molecule has 1 rings (SSSR count). The van der Waals surface area contributed by atoms with Crippen LogP contribution in [0, 0.1) is 23.2 Å². The Morgan fingerprint density at radius 2 is 2.36 bits per heavy atom. The third kappa shape index (κ3) is 4.83. The Morgan fingerprint density at radius 1 is 1.64 bits per heavy atom. The van der Waals surface area contributed by atoms with Gasteiger partial charge in [-0.15, -0.1) is 0 Å². The van der Waals surface area contributed by atoms with Gasteiger partial charge in [-0.1, -0.05) is 0 Å². The average Bonchev–Trinajstić information content (AvgIpc) is 2.98. The van der Waals surface area contributed by atoms with E-state index >= 15 is 0 Å². The number of hydrogen-bond acceptors (Lipinski definition) is 3. The predicted molar refractivity (Wildman–Crippen MR) is 53.4 cm³/mol. The first-order chi connectivity index (χ1) is 6.72. The standard InChI is InChI=1S/C10H17N3O/c1-8(4-11)5-13-10(14)7-12-6-9-2-3-9/h8-9,12H,2-3,5-7H2,1H3,(H,13,14). The second kappa shape index (κ2) is 5.61. The van der Waals surface area contributed by atoms with Crippen LogP contribution in [0.4, 0.5) is 0 Å². The summed E-state index contributed by atoms with van der Waals surface area (Å²) in [6, 6.07) is 2.07. The zero-order valence-corrected chi connectivity index (χ0v) is 8.55. The minimum absolute atomic E-state index is 0.0206. The number of carbonyl (C=O) groups is 1. The summed E-state index contributed by atoms with van der Waals surface area (Å²) in [4.78, 5) is 11.2. The largest absolute Gasteiger partial charge is 0.354 e. The van der Waals surface area contributed by atoms with Crippen molar-refractivity contribution in [3.05, 3.63) is 0 Å². The molecule has 1 atom stereocenters. The van der Waals surface area contributed by atoms with E-state index in [1.54, 1.807) is 6.92 Å². The van der Waals surface area contributed by atoms with Gasteiger partial charge in [0.25, 0.3) is 0 Å². The lowest BCUT2D eigenvalue weighted by Gasteiger charge is -2.06. The van der Waals surface area contributed by atoms with E-state index in [0.29, 0.717) is 13.1 Å². The van der Waals surface area contributed by atoms with Crippen molar-refractivity contribution in [2.75, 3.05) is 19.6 Å². The van der Waals surface area contributed by atoms with Crippen molar-refractivity contribution in [1.82, 2.24) is 10.6 Å². The highest BCUT2D eigenvalue weighted by atomic mass is 16.1. The number of nitrogens with zero attached hydrogens (tertiary/aromatic N) is 1. The summed E-state index contributed by atoms with van der Waals surface area (Å²) in [5.74, 6) is 0.663. The molecule has 0 bridgehead atoms. The summed E-state index contributed by atoms with van der Waals surface area (Å²) < 4.78 is 0. The summed E-state index contributed by atoms with van der Waals surface area (Å²) in [5.41, 5.74) is 0. The lowest BCUT2D eigenvalue weighted by Crippen LogP contribution is -2.36. The third-order valence-corrected chi connectivity index (χ3v) is 2.24. The molecule has 0 aromatic rings. The maximum Gasteiger partial charge on any atom is 0.234 e. The molecule has 0 aromatic carbocycles. The fraction of sp³-hybridized carbons (Fsp3) is 0.800. The van der Waals surface area contributed by atoms with E-state index < -0.39 is 0 Å². The number of hydrogen-bond donors (Lipinski definition) is 2. The van der Waals surface area contributed by atoms with Crippen LogP contribution in [0.3, 0.4) is 0 Å². The monoisotopic (exact) mass is 195 g/mol. The van der Waals surface area contributed by atoms with Crippen molar-refractivity contribution in [3.8, 4) is 6.07 Å². The molecule has 0 spiro atoms. The van der Waals surface area contributed by atoms with Gasteiger partial charge in [-0.05, 0) is 32.2 Å². The molecule has 0 aliphatic heterocycles. The van der Waals surface area contributed by atoms with E-state index in [-0.39, 0.29) is 11.8 Å². The summed E-state index contributed by atoms with van der Waals surface area (Å²) in [6.07, 6.45) is 2.58. The van der Waals surface area contributed by atoms with E-state index in [9.17, 15) is 4.79 Å². The maximum atomic E-state index is 11.2. The molecule has 4 nitrogen and oxygen atoms in total. The van der Waals surface area contributed by atoms with Crippen LogP contribution in [0.25, 0.3) is 0 Å². The lowest BCUT2D eigenvalue weighted by molar-refractivity contribution is -0.120. The molecule has 1 unspecified atom stereocenters. The van der Waals surface area contributed by atoms with Crippen LogP contribution in [-0.4, -0.2) is 25.5 Å². The van der Waals surface area contributed by atoms with E-state index in [2.05, 4.69) is 16.7 Å². The van der Waals surface area contributed by atoms with Gasteiger partial charge in [0.15, 0.2) is 0 Å². The van der Waals surface area contributed by atoms with Crippen molar-refractivity contribution in [2.45, 2.75) is 19.8 Å². The topological polar surface area (TPSA) is 64.9 Å². The van der Waals surface area contributed by atoms with Crippen LogP contribution in [0.5, 0.6) is 0 Å². The first kappa shape index (κ1) is 11.0. The molecule has 2 N–H and O–H groups in total. The zero-order valence-electron chi connectivity index (χ0n) is 8.55. The molecule has 0 aromatic heterocycles. The van der Waals surface area contributed by atoms with E-state index in [0.717, 1.165) is 12.5 Å². The number of nitrogens with one attached hydrogen (secondary N) is 2. The van der Waals surface area contributed by atoms with Gasteiger partial charge in [0, 0.05) is 6.54 Å². The van der Waals surface area contributed by atoms with Gasteiger partial charge in [-0.25, -0.2) is 0 Å². The van der Waals surface area contributed by atoms with Crippen molar-refractivity contribution in [1.29, 1.82) is 5.26 Å². The Kier molecular flexibility index (Phi) is 4.41. The van der Waals surface area contributed by atoms with Crippen LogP contribution >= 0.6 is 0 Å². The molecule has 14 heavy (non-hydrogen) atoms. The molecule has 78 valence electrons. The SMILES string of the molecule is CC(C#N)CNC(=O)CNCC1CC1. The van der Waals surface area contributed by atoms with Gasteiger partial charge in [-0.3, -0.25) is 4.79 Å². The first-order valence-electron chi connectivity index (χ1n) is 5.09. The summed E-state index contributed by atoms with van der Waals surface area (Å²) in [6.45, 7) is 3.55. The Labute approximate surface area is 84.7 Å². The highest BCUT2D eigenvalue weighted by molar-refractivity contribution is 5.77. The van der Waals surface area contributed by atoms with Crippen molar-refractivity contribution >= 4 is 5.91 Å². The molecule has 4 heteroatoms. The number of carbonyl (C=O) groups excluding carboxylic acids is 1. The van der Waals surface area contributed by atoms with Gasteiger partial charge < -0.3 is 10.6 Å². The van der Waals surface area contributed by atoms with Crippen molar-refractivity contribution in [2.24, 2.45) is 11.8 Å². The van der Waals surface area contributed by atoms with Gasteiger partial charge >= 0.3 is 0 Å². The highest BCUT2D eigenvalue weighted by Crippen LogP contribution is 2.27. The number of rotatable bonds is 6. The van der Waals surface area contributed by atoms with E-state index in [4.69, 9.17) is 5.26 Å². The van der Waals surface area contributed by atoms with Crippen LogP contribution < -0.4 is 10.6 Å². The quantitative estimate of drug-likeness (QED) is 0.639. The number of nitriles is 1. The molecular formula is C10H17N3O. The predicted octanol–water partition coefficient (Wildman–Crippen LogP) is 0.262. The molecule has 1 aliphatic carbocycles. The van der Waals surface area contributed by atoms with Crippen LogP contribution in [0.15, 0.2) is 0 Å². The molecule has 0 saturated heterocycles. The molecule has 0 heterocycles. The van der Waals surface area contributed by atoms with E-state index in [1.165, 1.54) is 12.8 Å². The fourth-order valence-corrected chi connectivity index (χ4v) is 1.09. The highest BCUT2D eigenvalue weighted by Gasteiger charge is 2.20. The van der Waals surface area contributed by atoms with Gasteiger partial charge in [-0.2, -0.15) is 5.26 Å². The Hall–Kier alpha value is -1.08. The van der Waals surface area contributed by atoms with Crippen LogP contribution in [0.1, 0.15) is 19.8 Å². The molecule has 1 amide bonds. The zero-order chi connectivity index (χ0) is 10.4. The minimum atomic E-state index is -0.109. The summed E-state index contributed by atoms with van der Waals surface area (Å²) in [5, 5.41) is 14.3. The smallest absolute Gasteiger partial charge is 0.234 e. The third-order valence-electron chi connectivity index (χ3n) is 2.24. The molecule has 1 aliphatic rings. The minimum Gasteiger partial charge on any atom is -0.354 e. The molecule has 1 fully saturated rings. The fourth-order valence-electron chi connectivity index (χ4n) is 1.09. The van der Waals surface area contributed by atoms with E-state index in [1.807, 2.05) is 0 Å². The summed E-state index contributed by atoms with van der Waals surface area (Å²) in [7, 11) is 0. The summed E-state index contributed by atoms with van der Waals surface area (Å²) >= 11 is 0. The second-order valence-electron chi connectivity index (χ2n) is 3.91. The molecule has 1 saturated carbocycles. The first-order valence-corrected chi connectivity index (χ1v) is 5.09. The second-order valence-corrected chi connectivity index (χ2v) is 3.91. The maximum absolute atomic E-state index is 11.2. The average molecular weight is 195 g/mol. The van der Waals surface area contributed by atoms with Crippen LogP contribution in [0.2, 0.25) is 0 Å². The van der Waals surface area contributed by atoms with Crippen molar-refractivity contribution in [3.63, 3.8) is 0 Å². The Morgan fingerprint density at radius 3 is 2.93 bits per heavy atom. The lowest BCUT2D eigenvalue weighted by atomic mass is 10.2. The Bertz CT molecular complexity index is 230. The van der Waals surface area contributed by atoms with Gasteiger partial charge in [0.2, 0.25) is 5.91 Å².